The van der Waals surface area contributed by atoms with Gasteiger partial charge in [0.2, 0.25) is 0 Å². The van der Waals surface area contributed by atoms with Crippen LogP contribution in [-0.4, -0.2) is 64.1 Å². The molecule has 2 heterocycles. The fraction of sp³-hybridized carbons (Fsp3) is 1.00. The third kappa shape index (κ3) is 3.91. The largest absolute Gasteiger partial charge is 0.379 e. The average Bonchev–Trinajstić information content (AvgIpc) is 2.77. The molecule has 2 aliphatic heterocycles. The summed E-state index contributed by atoms with van der Waals surface area (Å²) >= 11 is 0. The predicted molar refractivity (Wildman–Crippen MR) is 68.2 cm³/mol. The van der Waals surface area contributed by atoms with E-state index in [1.165, 1.54) is 19.3 Å². The molecule has 0 aromatic rings. The lowest BCUT2D eigenvalue weighted by atomic mass is 10.0. The van der Waals surface area contributed by atoms with Gasteiger partial charge in [-0.2, -0.15) is 0 Å². The molecule has 4 nitrogen and oxygen atoms in total. The highest BCUT2D eigenvalue weighted by atomic mass is 16.5. The molecule has 0 aromatic heterocycles. The van der Waals surface area contributed by atoms with E-state index in [1.54, 1.807) is 0 Å². The third-order valence-electron chi connectivity index (χ3n) is 3.90. The van der Waals surface area contributed by atoms with Crippen molar-refractivity contribution in [1.29, 1.82) is 0 Å². The summed E-state index contributed by atoms with van der Waals surface area (Å²) in [6, 6.07) is 0.518. The van der Waals surface area contributed by atoms with Crippen molar-refractivity contribution < 1.29 is 9.47 Å². The van der Waals surface area contributed by atoms with Gasteiger partial charge in [0.15, 0.2) is 0 Å². The van der Waals surface area contributed by atoms with Gasteiger partial charge in [0.25, 0.3) is 0 Å². The number of likely N-dealkylation sites (N-methyl/N-ethyl adjacent to an activating group) is 2. The zero-order valence-corrected chi connectivity index (χ0v) is 11.2. The van der Waals surface area contributed by atoms with Crippen molar-refractivity contribution in [1.82, 2.24) is 10.2 Å². The Kier molecular flexibility index (Phi) is 5.22. The second kappa shape index (κ2) is 6.69. The second-order valence-corrected chi connectivity index (χ2v) is 5.40. The minimum atomic E-state index is 0.448. The van der Waals surface area contributed by atoms with E-state index < -0.39 is 0 Å². The number of rotatable bonds is 5. The van der Waals surface area contributed by atoms with Crippen LogP contribution in [0.2, 0.25) is 0 Å². The van der Waals surface area contributed by atoms with Gasteiger partial charge in [0.05, 0.1) is 19.3 Å². The average molecular weight is 242 g/mol. The molecule has 0 spiro atoms. The first-order chi connectivity index (χ1) is 8.29. The maximum absolute atomic E-state index is 5.78. The summed E-state index contributed by atoms with van der Waals surface area (Å²) in [6.45, 7) is 4.86. The molecule has 17 heavy (non-hydrogen) atoms. The Morgan fingerprint density at radius 3 is 2.82 bits per heavy atom. The third-order valence-corrected chi connectivity index (χ3v) is 3.90. The monoisotopic (exact) mass is 242 g/mol. The van der Waals surface area contributed by atoms with Crippen LogP contribution in [0.3, 0.4) is 0 Å². The molecular weight excluding hydrogens is 216 g/mol. The summed E-state index contributed by atoms with van der Waals surface area (Å²) in [6.07, 6.45) is 4.23. The van der Waals surface area contributed by atoms with Crippen molar-refractivity contribution in [2.75, 3.05) is 47.0 Å². The van der Waals surface area contributed by atoms with Gasteiger partial charge in [-0.05, 0) is 33.4 Å². The molecule has 3 atom stereocenters. The molecule has 3 unspecified atom stereocenters. The van der Waals surface area contributed by atoms with Gasteiger partial charge in [-0.3, -0.25) is 0 Å². The number of hydrogen-bond donors (Lipinski definition) is 1. The number of ether oxygens (including phenoxy) is 2. The van der Waals surface area contributed by atoms with Crippen LogP contribution >= 0.6 is 0 Å². The smallest absolute Gasteiger partial charge is 0.0701 e. The Labute approximate surface area is 105 Å². The van der Waals surface area contributed by atoms with Crippen LogP contribution in [0.4, 0.5) is 0 Å². The summed E-state index contributed by atoms with van der Waals surface area (Å²) in [5.74, 6) is 0.619. The van der Waals surface area contributed by atoms with Crippen LogP contribution in [-0.2, 0) is 9.47 Å². The van der Waals surface area contributed by atoms with Gasteiger partial charge in [0.1, 0.15) is 0 Å². The van der Waals surface area contributed by atoms with Crippen molar-refractivity contribution in [2.45, 2.75) is 31.4 Å². The molecular formula is C13H26N2O2. The highest BCUT2D eigenvalue weighted by Gasteiger charge is 2.28. The van der Waals surface area contributed by atoms with Gasteiger partial charge < -0.3 is 19.7 Å². The van der Waals surface area contributed by atoms with Crippen LogP contribution < -0.4 is 5.32 Å². The number of nitrogens with one attached hydrogen (secondary N) is 1. The quantitative estimate of drug-likeness (QED) is 0.770. The minimum Gasteiger partial charge on any atom is -0.379 e. The van der Waals surface area contributed by atoms with E-state index in [0.717, 1.165) is 32.9 Å². The van der Waals surface area contributed by atoms with Crippen LogP contribution in [0.1, 0.15) is 19.3 Å². The lowest BCUT2D eigenvalue weighted by molar-refractivity contribution is -0.00396. The summed E-state index contributed by atoms with van der Waals surface area (Å²) in [4.78, 5) is 2.40. The Hall–Kier alpha value is -0.160. The lowest BCUT2D eigenvalue weighted by Crippen LogP contribution is -2.42. The van der Waals surface area contributed by atoms with Crippen molar-refractivity contribution in [2.24, 2.45) is 5.92 Å². The standard InChI is InChI=1S/C13H26N2O2/c1-14-13-10-16-9-11(13)7-15(2)8-12-5-3-4-6-17-12/h11-14H,3-10H2,1-2H3. The fourth-order valence-corrected chi connectivity index (χ4v) is 2.87. The first-order valence-electron chi connectivity index (χ1n) is 6.84. The van der Waals surface area contributed by atoms with E-state index in [1.807, 2.05) is 7.05 Å². The maximum Gasteiger partial charge on any atom is 0.0701 e. The van der Waals surface area contributed by atoms with E-state index >= 15 is 0 Å². The molecule has 0 radical (unpaired) electrons. The molecule has 100 valence electrons. The van der Waals surface area contributed by atoms with Gasteiger partial charge in [0, 0.05) is 31.7 Å². The predicted octanol–water partition coefficient (Wildman–Crippen LogP) is 0.722. The molecule has 2 saturated heterocycles. The lowest BCUT2D eigenvalue weighted by Gasteiger charge is -2.29. The normalized spacial score (nSPS) is 34.4. The highest BCUT2D eigenvalue weighted by Crippen LogP contribution is 2.17. The SMILES string of the molecule is CNC1COCC1CN(C)CC1CCCCO1. The van der Waals surface area contributed by atoms with Crippen molar-refractivity contribution >= 4 is 0 Å². The summed E-state index contributed by atoms with van der Waals surface area (Å²) in [5, 5.41) is 3.34. The van der Waals surface area contributed by atoms with Gasteiger partial charge >= 0.3 is 0 Å². The molecule has 0 saturated carbocycles. The van der Waals surface area contributed by atoms with Gasteiger partial charge in [-0.25, -0.2) is 0 Å². The number of hydrogen-bond acceptors (Lipinski definition) is 4. The second-order valence-electron chi connectivity index (χ2n) is 5.40. The van der Waals surface area contributed by atoms with Gasteiger partial charge in [-0.1, -0.05) is 0 Å². The Morgan fingerprint density at radius 1 is 1.24 bits per heavy atom. The van der Waals surface area contributed by atoms with Crippen LogP contribution in [0.5, 0.6) is 0 Å². The molecule has 4 heteroatoms. The Bertz CT molecular complexity index is 219. The van der Waals surface area contributed by atoms with E-state index in [9.17, 15) is 0 Å². The van der Waals surface area contributed by atoms with E-state index in [2.05, 4.69) is 17.3 Å². The van der Waals surface area contributed by atoms with Crippen molar-refractivity contribution in [3.8, 4) is 0 Å². The van der Waals surface area contributed by atoms with Crippen LogP contribution in [0.25, 0.3) is 0 Å². The summed E-state index contributed by atoms with van der Waals surface area (Å²) in [5.41, 5.74) is 0. The van der Waals surface area contributed by atoms with Crippen LogP contribution in [0.15, 0.2) is 0 Å². The van der Waals surface area contributed by atoms with Crippen molar-refractivity contribution in [3.05, 3.63) is 0 Å². The zero-order valence-electron chi connectivity index (χ0n) is 11.2. The molecule has 0 amide bonds. The number of nitrogens with zero attached hydrogens (tertiary/aromatic N) is 1. The highest BCUT2D eigenvalue weighted by molar-refractivity contribution is 4.82. The first-order valence-corrected chi connectivity index (χ1v) is 6.84. The summed E-state index contributed by atoms with van der Waals surface area (Å²) in [7, 11) is 4.22. The topological polar surface area (TPSA) is 33.7 Å². The first kappa shape index (κ1) is 13.3. The molecule has 0 aliphatic carbocycles. The maximum atomic E-state index is 5.78. The molecule has 0 bridgehead atoms. The molecule has 2 aliphatic rings. The van der Waals surface area contributed by atoms with E-state index in [-0.39, 0.29) is 0 Å². The summed E-state index contributed by atoms with van der Waals surface area (Å²) < 4.78 is 11.3. The molecule has 2 fully saturated rings. The Balaban J connectivity index is 1.70. The van der Waals surface area contributed by atoms with Crippen molar-refractivity contribution in [3.63, 3.8) is 0 Å². The van der Waals surface area contributed by atoms with E-state index in [0.29, 0.717) is 18.1 Å². The van der Waals surface area contributed by atoms with Crippen LogP contribution in [0, 0.1) is 5.92 Å². The molecule has 0 aromatic carbocycles. The van der Waals surface area contributed by atoms with E-state index in [4.69, 9.17) is 9.47 Å². The van der Waals surface area contributed by atoms with Gasteiger partial charge in [-0.15, -0.1) is 0 Å². The molecule has 2 rings (SSSR count). The minimum absolute atomic E-state index is 0.448. The Morgan fingerprint density at radius 2 is 2.12 bits per heavy atom. The zero-order chi connectivity index (χ0) is 12.1. The fourth-order valence-electron chi connectivity index (χ4n) is 2.87. The molecule has 1 N–H and O–H groups in total.